The molecule has 2 aromatic carbocycles. The molecule has 10 heteroatoms. The van der Waals surface area contributed by atoms with Gasteiger partial charge in [0.1, 0.15) is 23.7 Å². The summed E-state index contributed by atoms with van der Waals surface area (Å²) in [7, 11) is 1.71. The van der Waals surface area contributed by atoms with Crippen molar-refractivity contribution in [2.45, 2.75) is 82.0 Å². The molecule has 4 aliphatic heterocycles. The normalized spacial score (nSPS) is 32.2. The fourth-order valence-corrected chi connectivity index (χ4v) is 7.81. The van der Waals surface area contributed by atoms with Crippen molar-refractivity contribution in [1.82, 2.24) is 14.7 Å². The molecule has 0 radical (unpaired) electrons. The Kier molecular flexibility index (Phi) is 9.58. The molecule has 2 fully saturated rings. The summed E-state index contributed by atoms with van der Waals surface area (Å²) in [5.41, 5.74) is 0.199. The van der Waals surface area contributed by atoms with Gasteiger partial charge in [0, 0.05) is 26.1 Å². The molecule has 0 unspecified atom stereocenters. The van der Waals surface area contributed by atoms with E-state index in [1.54, 1.807) is 29.0 Å². The van der Waals surface area contributed by atoms with E-state index in [2.05, 4.69) is 0 Å². The maximum absolute atomic E-state index is 14.8. The van der Waals surface area contributed by atoms with Crippen LogP contribution in [0, 0.1) is 11.8 Å². The Hall–Kier alpha value is -4.28. The van der Waals surface area contributed by atoms with Crippen LogP contribution in [-0.2, 0) is 35.1 Å². The van der Waals surface area contributed by atoms with E-state index in [4.69, 9.17) is 9.47 Å². The van der Waals surface area contributed by atoms with E-state index in [0.717, 1.165) is 5.56 Å². The highest BCUT2D eigenvalue weighted by Crippen LogP contribution is 2.56. The molecule has 0 aliphatic carbocycles. The van der Waals surface area contributed by atoms with E-state index in [1.165, 1.54) is 4.90 Å². The van der Waals surface area contributed by atoms with Crippen LogP contribution in [0.3, 0.4) is 0 Å². The summed E-state index contributed by atoms with van der Waals surface area (Å²) in [5, 5.41) is 10.8. The Morgan fingerprint density at radius 3 is 2.31 bits per heavy atom. The Balaban J connectivity index is 1.46. The molecular weight excluding hydrogens is 610 g/mol. The molecule has 4 heterocycles. The number of rotatable bonds is 6. The zero-order valence-electron chi connectivity index (χ0n) is 28.0. The number of benzene rings is 2. The number of esters is 1. The largest absolute Gasteiger partial charge is 0.455 e. The minimum Gasteiger partial charge on any atom is -0.455 e. The molecule has 1 spiro atoms. The third-order valence-electron chi connectivity index (χ3n) is 10.4. The smallest absolute Gasteiger partial charge is 0.313 e. The number of carbonyl (C=O) groups excluding carboxylic acids is 4. The van der Waals surface area contributed by atoms with Gasteiger partial charge >= 0.3 is 5.97 Å². The van der Waals surface area contributed by atoms with E-state index < -0.39 is 59.6 Å². The Morgan fingerprint density at radius 2 is 1.65 bits per heavy atom. The fourth-order valence-electron chi connectivity index (χ4n) is 7.81. The van der Waals surface area contributed by atoms with Crippen LogP contribution in [0.5, 0.6) is 0 Å². The second-order valence-electron chi connectivity index (χ2n) is 13.6. The first kappa shape index (κ1) is 33.6. The zero-order chi connectivity index (χ0) is 34.2. The van der Waals surface area contributed by atoms with Crippen LogP contribution in [0.4, 0.5) is 0 Å². The van der Waals surface area contributed by atoms with Gasteiger partial charge in [0.15, 0.2) is 0 Å². The first-order valence-corrected chi connectivity index (χ1v) is 16.9. The molecule has 2 aromatic rings. The third kappa shape index (κ3) is 5.85. The predicted octanol–water partition coefficient (Wildman–Crippen LogP) is 3.46. The maximum atomic E-state index is 14.8. The standard InChI is InChI=1S/C38H45N3O7/c1-24(2)40-21-13-7-12-18-30(43)39(4)25(3)33(27-16-10-6-11-17-27)47-37(46)31-29-19-20-38(48-29)32(31)35(44)41(34(38)36(40)45)28(23-42)22-26-14-8-5-9-15-26/h5-11,13-17,19-20,24-25,28-29,31-34,42H,12,18,21-23H2,1-4H3/b13-7-/t25-,28+,29+,31-,32-,33+,34+,38-/m0/s1. The fraction of sp³-hybridized carbons (Fsp3) is 0.474. The van der Waals surface area contributed by atoms with Gasteiger partial charge in [-0.3, -0.25) is 19.2 Å². The lowest BCUT2D eigenvalue weighted by Gasteiger charge is -2.40. The van der Waals surface area contributed by atoms with Gasteiger partial charge < -0.3 is 29.3 Å². The number of aliphatic hydroxyl groups is 1. The van der Waals surface area contributed by atoms with E-state index in [-0.39, 0.29) is 37.4 Å². The molecule has 8 atom stereocenters. The van der Waals surface area contributed by atoms with Crippen molar-refractivity contribution in [1.29, 1.82) is 0 Å². The predicted molar refractivity (Wildman–Crippen MR) is 178 cm³/mol. The second kappa shape index (κ2) is 13.7. The van der Waals surface area contributed by atoms with Crippen LogP contribution in [0.2, 0.25) is 0 Å². The lowest BCUT2D eigenvalue weighted by molar-refractivity contribution is -0.164. The van der Waals surface area contributed by atoms with Gasteiger partial charge in [-0.05, 0) is 44.7 Å². The lowest BCUT2D eigenvalue weighted by Crippen LogP contribution is -2.59. The lowest BCUT2D eigenvalue weighted by atomic mass is 9.74. The van der Waals surface area contributed by atoms with Gasteiger partial charge in [-0.15, -0.1) is 0 Å². The maximum Gasteiger partial charge on any atom is 0.313 e. The summed E-state index contributed by atoms with van der Waals surface area (Å²) < 4.78 is 12.9. The quantitative estimate of drug-likeness (QED) is 0.375. The van der Waals surface area contributed by atoms with Crippen molar-refractivity contribution in [3.8, 4) is 0 Å². The number of allylic oxidation sites excluding steroid dienone is 1. The number of fused-ring (bicyclic) bond motifs is 2. The van der Waals surface area contributed by atoms with Crippen molar-refractivity contribution >= 4 is 23.7 Å². The number of nitrogens with zero attached hydrogens (tertiary/aromatic N) is 3. The summed E-state index contributed by atoms with van der Waals surface area (Å²) in [6.07, 6.45) is 6.73. The van der Waals surface area contributed by atoms with Crippen LogP contribution in [0.25, 0.3) is 0 Å². The number of ether oxygens (including phenoxy) is 2. The molecule has 5 bridgehead atoms. The highest BCUT2D eigenvalue weighted by Gasteiger charge is 2.74. The van der Waals surface area contributed by atoms with Crippen LogP contribution < -0.4 is 0 Å². The molecule has 4 aliphatic rings. The summed E-state index contributed by atoms with van der Waals surface area (Å²) in [5.74, 6) is -3.55. The number of aliphatic hydroxyl groups excluding tert-OH is 1. The number of hydrogen-bond acceptors (Lipinski definition) is 7. The van der Waals surface area contributed by atoms with Gasteiger partial charge in [0.25, 0.3) is 0 Å². The molecule has 1 N–H and O–H groups in total. The van der Waals surface area contributed by atoms with Gasteiger partial charge in [0.2, 0.25) is 17.7 Å². The molecule has 3 amide bonds. The van der Waals surface area contributed by atoms with Gasteiger partial charge in [-0.25, -0.2) is 0 Å². The van der Waals surface area contributed by atoms with E-state index in [1.807, 2.05) is 93.6 Å². The summed E-state index contributed by atoms with van der Waals surface area (Å²) >= 11 is 0. The Bertz CT molecular complexity index is 1580. The minimum absolute atomic E-state index is 0.103. The number of cyclic esters (lactones) is 1. The summed E-state index contributed by atoms with van der Waals surface area (Å²) in [4.78, 5) is 62.0. The molecular formula is C38H45N3O7. The summed E-state index contributed by atoms with van der Waals surface area (Å²) in [6.45, 7) is 5.53. The minimum atomic E-state index is -1.42. The van der Waals surface area contributed by atoms with Gasteiger partial charge in [0.05, 0.1) is 30.7 Å². The van der Waals surface area contributed by atoms with Gasteiger partial charge in [-0.2, -0.15) is 0 Å². The topological polar surface area (TPSA) is 117 Å². The third-order valence-corrected chi connectivity index (χ3v) is 10.4. The van der Waals surface area contributed by atoms with Crippen molar-refractivity contribution in [2.75, 3.05) is 20.2 Å². The second-order valence-corrected chi connectivity index (χ2v) is 13.6. The van der Waals surface area contributed by atoms with Crippen LogP contribution in [0.1, 0.15) is 50.8 Å². The number of amides is 3. The average molecular weight is 656 g/mol. The Morgan fingerprint density at radius 1 is 0.958 bits per heavy atom. The van der Waals surface area contributed by atoms with Crippen molar-refractivity contribution in [2.24, 2.45) is 11.8 Å². The number of likely N-dealkylation sites (N-methyl/N-ethyl adjacent to an activating group) is 1. The van der Waals surface area contributed by atoms with Crippen molar-refractivity contribution < 1.29 is 33.8 Å². The molecule has 48 heavy (non-hydrogen) atoms. The number of hydrogen-bond donors (Lipinski definition) is 1. The average Bonchev–Trinajstić information content (AvgIpc) is 3.74. The molecule has 0 saturated carbocycles. The number of likely N-dealkylation sites (tertiary alicyclic amines) is 1. The number of carbonyl (C=O) groups is 4. The van der Waals surface area contributed by atoms with Crippen molar-refractivity contribution in [3.63, 3.8) is 0 Å². The highest BCUT2D eigenvalue weighted by atomic mass is 16.6. The summed E-state index contributed by atoms with van der Waals surface area (Å²) in [6, 6.07) is 16.2. The first-order valence-electron chi connectivity index (χ1n) is 16.9. The molecule has 10 nitrogen and oxygen atoms in total. The van der Waals surface area contributed by atoms with Crippen molar-refractivity contribution in [3.05, 3.63) is 96.1 Å². The van der Waals surface area contributed by atoms with E-state index in [9.17, 15) is 24.3 Å². The highest BCUT2D eigenvalue weighted by molar-refractivity contribution is 5.99. The molecule has 0 aromatic heterocycles. The molecule has 254 valence electrons. The monoisotopic (exact) mass is 655 g/mol. The molecule has 2 saturated heterocycles. The van der Waals surface area contributed by atoms with E-state index in [0.29, 0.717) is 18.4 Å². The first-order chi connectivity index (χ1) is 23.1. The van der Waals surface area contributed by atoms with Crippen LogP contribution in [0.15, 0.2) is 85.0 Å². The Labute approximate surface area is 282 Å². The SMILES string of the molecule is CC(C)N1C/C=C\CCC(=O)N(C)[C@@H](C)[C@H](c2ccccc2)OC(=O)[C@@H]2[C@H]3C(=O)N([C@@H](CO)Cc4ccccc4)[C@H](C1=O)[C@]31C=C[C@H]2O1. The van der Waals surface area contributed by atoms with Gasteiger partial charge in [-0.1, -0.05) is 85.0 Å². The molecule has 6 rings (SSSR count). The van der Waals surface area contributed by atoms with Crippen LogP contribution in [-0.4, -0.2) is 99.6 Å². The van der Waals surface area contributed by atoms with E-state index >= 15 is 0 Å². The zero-order valence-corrected chi connectivity index (χ0v) is 28.0. The van der Waals surface area contributed by atoms with Crippen LogP contribution >= 0.6 is 0 Å².